The van der Waals surface area contributed by atoms with Gasteiger partial charge in [0.15, 0.2) is 0 Å². The number of aryl methyl sites for hydroxylation is 1. The summed E-state index contributed by atoms with van der Waals surface area (Å²) in [6.07, 6.45) is -1.08. The van der Waals surface area contributed by atoms with Gasteiger partial charge in [0.1, 0.15) is 11.9 Å². The van der Waals surface area contributed by atoms with Gasteiger partial charge in [0.25, 0.3) is 0 Å². The third-order valence-corrected chi connectivity index (χ3v) is 3.70. The van der Waals surface area contributed by atoms with E-state index in [1.54, 1.807) is 13.0 Å². The molecule has 0 aliphatic carbocycles. The van der Waals surface area contributed by atoms with Gasteiger partial charge in [-0.05, 0) is 59.6 Å². The largest absolute Gasteiger partial charge is 0.446 e. The molecular formula is C15H12F4OS. The quantitative estimate of drug-likeness (QED) is 0.646. The van der Waals surface area contributed by atoms with E-state index in [2.05, 4.69) is 0 Å². The van der Waals surface area contributed by atoms with Crippen LogP contribution in [-0.4, -0.2) is 10.6 Å². The van der Waals surface area contributed by atoms with Gasteiger partial charge in [-0.2, -0.15) is 13.2 Å². The average molecular weight is 316 g/mol. The Balaban J connectivity index is 2.24. The normalized spacial score (nSPS) is 13.2. The molecule has 0 saturated carbocycles. The monoisotopic (exact) mass is 316 g/mol. The molecule has 2 aromatic rings. The predicted molar refractivity (Wildman–Crippen MR) is 73.6 cm³/mol. The molecule has 0 spiro atoms. The summed E-state index contributed by atoms with van der Waals surface area (Å²) in [7, 11) is 0. The Bertz CT molecular complexity index is 623. The number of aliphatic hydroxyl groups excluding tert-OH is 1. The highest BCUT2D eigenvalue weighted by Crippen LogP contribution is 2.37. The van der Waals surface area contributed by atoms with Gasteiger partial charge in [0.05, 0.1) is 0 Å². The third kappa shape index (κ3) is 4.22. The smallest absolute Gasteiger partial charge is 0.384 e. The van der Waals surface area contributed by atoms with Crippen molar-refractivity contribution < 1.29 is 22.7 Å². The number of hydrogen-bond acceptors (Lipinski definition) is 2. The molecular weight excluding hydrogens is 304 g/mol. The number of aliphatic hydroxyl groups is 1. The van der Waals surface area contributed by atoms with Crippen LogP contribution in [0, 0.1) is 12.7 Å². The first-order chi connectivity index (χ1) is 9.76. The molecule has 112 valence electrons. The molecule has 0 bridgehead atoms. The number of halogens is 4. The molecule has 2 aromatic carbocycles. The lowest BCUT2D eigenvalue weighted by atomic mass is 9.97. The van der Waals surface area contributed by atoms with Crippen molar-refractivity contribution in [2.75, 3.05) is 0 Å². The summed E-state index contributed by atoms with van der Waals surface area (Å²) in [6, 6.07) is 9.43. The second-order valence-corrected chi connectivity index (χ2v) is 5.66. The second kappa shape index (κ2) is 6.07. The topological polar surface area (TPSA) is 20.2 Å². The lowest BCUT2D eigenvalue weighted by Crippen LogP contribution is -2.03. The summed E-state index contributed by atoms with van der Waals surface area (Å²) in [5.41, 5.74) is -2.83. The predicted octanol–water partition coefficient (Wildman–Crippen LogP) is 4.83. The lowest BCUT2D eigenvalue weighted by Gasteiger charge is -2.15. The van der Waals surface area contributed by atoms with Gasteiger partial charge < -0.3 is 5.11 Å². The average Bonchev–Trinajstić information content (AvgIpc) is 2.40. The molecule has 6 heteroatoms. The van der Waals surface area contributed by atoms with Crippen LogP contribution in [0.15, 0.2) is 47.4 Å². The standard InChI is InChI=1S/C15H12F4OS/c1-9-2-5-11(16)8-13(9)14(20)10-3-6-12(7-4-10)21-15(17,18)19/h2-8,14,20H,1H3. The fourth-order valence-electron chi connectivity index (χ4n) is 1.94. The van der Waals surface area contributed by atoms with Crippen molar-refractivity contribution in [3.63, 3.8) is 0 Å². The fraction of sp³-hybridized carbons (Fsp3) is 0.200. The van der Waals surface area contributed by atoms with Gasteiger partial charge in [-0.3, -0.25) is 0 Å². The van der Waals surface area contributed by atoms with Gasteiger partial charge >= 0.3 is 5.51 Å². The Morgan fingerprint density at radius 2 is 1.67 bits per heavy atom. The Hall–Kier alpha value is -1.53. The van der Waals surface area contributed by atoms with Crippen LogP contribution in [0.3, 0.4) is 0 Å². The zero-order valence-corrected chi connectivity index (χ0v) is 11.8. The number of benzene rings is 2. The molecule has 0 fully saturated rings. The van der Waals surface area contributed by atoms with Gasteiger partial charge in [0.2, 0.25) is 0 Å². The van der Waals surface area contributed by atoms with Crippen molar-refractivity contribution in [1.82, 2.24) is 0 Å². The molecule has 1 unspecified atom stereocenters. The van der Waals surface area contributed by atoms with Crippen LogP contribution >= 0.6 is 11.8 Å². The van der Waals surface area contributed by atoms with E-state index in [0.29, 0.717) is 16.7 Å². The molecule has 0 amide bonds. The number of hydrogen-bond donors (Lipinski definition) is 1. The van der Waals surface area contributed by atoms with Crippen LogP contribution in [-0.2, 0) is 0 Å². The summed E-state index contributed by atoms with van der Waals surface area (Å²) in [5.74, 6) is -0.473. The molecule has 0 saturated heterocycles. The second-order valence-electron chi connectivity index (χ2n) is 4.52. The first-order valence-corrected chi connectivity index (χ1v) is 6.88. The van der Waals surface area contributed by atoms with Crippen LogP contribution in [0.1, 0.15) is 22.8 Å². The molecule has 0 aliphatic rings. The maximum Gasteiger partial charge on any atom is 0.446 e. The summed E-state index contributed by atoms with van der Waals surface area (Å²) < 4.78 is 49.9. The van der Waals surface area contributed by atoms with Crippen molar-refractivity contribution in [2.24, 2.45) is 0 Å². The van der Waals surface area contributed by atoms with Gasteiger partial charge in [0, 0.05) is 4.90 Å². The zero-order valence-electron chi connectivity index (χ0n) is 11.0. The van der Waals surface area contributed by atoms with Crippen LogP contribution in [0.4, 0.5) is 17.6 Å². The van der Waals surface area contributed by atoms with Crippen LogP contribution in [0.2, 0.25) is 0 Å². The minimum atomic E-state index is -4.35. The minimum absolute atomic E-state index is 0.0365. The number of alkyl halides is 3. The van der Waals surface area contributed by atoms with E-state index < -0.39 is 17.4 Å². The van der Waals surface area contributed by atoms with E-state index in [9.17, 15) is 22.7 Å². The van der Waals surface area contributed by atoms with Crippen molar-refractivity contribution in [3.05, 3.63) is 65.0 Å². The third-order valence-electron chi connectivity index (χ3n) is 2.97. The minimum Gasteiger partial charge on any atom is -0.384 e. The van der Waals surface area contributed by atoms with E-state index in [1.165, 1.54) is 36.4 Å². The molecule has 1 atom stereocenters. The van der Waals surface area contributed by atoms with E-state index >= 15 is 0 Å². The van der Waals surface area contributed by atoms with Gasteiger partial charge in [-0.1, -0.05) is 18.2 Å². The Kier molecular flexibility index (Phi) is 4.58. The fourth-order valence-corrected chi connectivity index (χ4v) is 2.48. The molecule has 0 radical (unpaired) electrons. The first-order valence-electron chi connectivity index (χ1n) is 6.06. The van der Waals surface area contributed by atoms with E-state index in [0.717, 1.165) is 0 Å². The van der Waals surface area contributed by atoms with E-state index in [-0.39, 0.29) is 16.7 Å². The summed E-state index contributed by atoms with van der Waals surface area (Å²) in [5, 5.41) is 10.2. The maximum absolute atomic E-state index is 13.2. The lowest BCUT2D eigenvalue weighted by molar-refractivity contribution is -0.0328. The maximum atomic E-state index is 13.2. The molecule has 0 aliphatic heterocycles. The summed E-state index contributed by atoms with van der Waals surface area (Å²) in [4.78, 5) is 0.0365. The van der Waals surface area contributed by atoms with Crippen molar-refractivity contribution in [1.29, 1.82) is 0 Å². The van der Waals surface area contributed by atoms with Crippen molar-refractivity contribution in [3.8, 4) is 0 Å². The van der Waals surface area contributed by atoms with Crippen LogP contribution < -0.4 is 0 Å². The van der Waals surface area contributed by atoms with Gasteiger partial charge in [-0.15, -0.1) is 0 Å². The Morgan fingerprint density at radius 1 is 1.05 bits per heavy atom. The molecule has 1 N–H and O–H groups in total. The highest BCUT2D eigenvalue weighted by molar-refractivity contribution is 8.00. The highest BCUT2D eigenvalue weighted by Gasteiger charge is 2.29. The van der Waals surface area contributed by atoms with Crippen molar-refractivity contribution >= 4 is 11.8 Å². The van der Waals surface area contributed by atoms with E-state index in [4.69, 9.17) is 0 Å². The Morgan fingerprint density at radius 3 is 2.24 bits per heavy atom. The van der Waals surface area contributed by atoms with Gasteiger partial charge in [-0.25, -0.2) is 4.39 Å². The molecule has 21 heavy (non-hydrogen) atoms. The summed E-state index contributed by atoms with van der Waals surface area (Å²) in [6.45, 7) is 1.73. The van der Waals surface area contributed by atoms with Crippen LogP contribution in [0.5, 0.6) is 0 Å². The summed E-state index contributed by atoms with van der Waals surface area (Å²) >= 11 is -0.219. The molecule has 0 aromatic heterocycles. The van der Waals surface area contributed by atoms with E-state index in [1.807, 2.05) is 0 Å². The molecule has 1 nitrogen and oxygen atoms in total. The van der Waals surface area contributed by atoms with Crippen LogP contribution in [0.25, 0.3) is 0 Å². The molecule has 0 heterocycles. The first kappa shape index (κ1) is 15.9. The van der Waals surface area contributed by atoms with Crippen molar-refractivity contribution in [2.45, 2.75) is 23.4 Å². The molecule has 2 rings (SSSR count). The zero-order chi connectivity index (χ0) is 15.6. The SMILES string of the molecule is Cc1ccc(F)cc1C(O)c1ccc(SC(F)(F)F)cc1. The Labute approximate surface area is 123 Å². The number of rotatable bonds is 3. The number of thioether (sulfide) groups is 1. The highest BCUT2D eigenvalue weighted by atomic mass is 32.2.